The number of nitrogens with zero attached hydrogens (tertiary/aromatic N) is 2. The van der Waals surface area contributed by atoms with Crippen molar-refractivity contribution in [1.29, 1.82) is 0 Å². The second-order valence-electron chi connectivity index (χ2n) is 4.80. The molecule has 2 heteroatoms. The fourth-order valence-electron chi connectivity index (χ4n) is 1.61. The molecule has 0 saturated carbocycles. The Labute approximate surface area is 105 Å². The molecule has 1 aromatic rings. The van der Waals surface area contributed by atoms with Gasteiger partial charge in [0.15, 0.2) is 0 Å². The first-order chi connectivity index (χ1) is 7.99. The molecule has 1 atom stereocenters. The van der Waals surface area contributed by atoms with Gasteiger partial charge in [0.2, 0.25) is 0 Å². The topological polar surface area (TPSA) is 16.1 Å². The Hall–Kier alpha value is -1.41. The molecule has 0 radical (unpaired) electrons. The van der Waals surface area contributed by atoms with Crippen LogP contribution in [0.5, 0.6) is 0 Å². The molecular formula is C15H22N2. The highest BCUT2D eigenvalue weighted by Crippen LogP contribution is 2.12. The second kappa shape index (κ2) is 6.36. The number of rotatable bonds is 5. The van der Waals surface area contributed by atoms with Crippen LogP contribution in [0, 0.1) is 12.8 Å². The first-order valence-electron chi connectivity index (χ1n) is 5.93. The fraction of sp³-hybridized carbons (Fsp3) is 0.400. The number of aryl methyl sites for hydroxylation is 1. The van der Waals surface area contributed by atoms with E-state index < -0.39 is 0 Å². The van der Waals surface area contributed by atoms with E-state index in [1.807, 2.05) is 19.2 Å². The number of allylic oxidation sites excluding steroid dienone is 1. The van der Waals surface area contributed by atoms with E-state index in [0.29, 0.717) is 5.92 Å². The number of hydrogen-bond acceptors (Lipinski definition) is 2. The zero-order chi connectivity index (χ0) is 12.8. The number of pyridine rings is 1. The van der Waals surface area contributed by atoms with Crippen LogP contribution >= 0.6 is 0 Å². The molecular weight excluding hydrogens is 208 g/mol. The maximum atomic E-state index is 4.26. The van der Waals surface area contributed by atoms with E-state index in [-0.39, 0.29) is 0 Å². The van der Waals surface area contributed by atoms with E-state index in [9.17, 15) is 0 Å². The fourth-order valence-corrected chi connectivity index (χ4v) is 1.61. The van der Waals surface area contributed by atoms with Crippen LogP contribution in [0.1, 0.15) is 18.2 Å². The summed E-state index contributed by atoms with van der Waals surface area (Å²) in [5, 5.41) is 0. The molecule has 1 rings (SSSR count). The first-order valence-corrected chi connectivity index (χ1v) is 5.93. The molecule has 0 aliphatic heterocycles. The van der Waals surface area contributed by atoms with Gasteiger partial charge in [-0.2, -0.15) is 0 Å². The van der Waals surface area contributed by atoms with Crippen molar-refractivity contribution < 1.29 is 0 Å². The lowest BCUT2D eigenvalue weighted by Crippen LogP contribution is -2.20. The van der Waals surface area contributed by atoms with Crippen molar-refractivity contribution in [1.82, 2.24) is 9.88 Å². The van der Waals surface area contributed by atoms with Crippen molar-refractivity contribution in [2.24, 2.45) is 5.92 Å². The summed E-state index contributed by atoms with van der Waals surface area (Å²) in [5.41, 5.74) is 3.31. The van der Waals surface area contributed by atoms with Gasteiger partial charge in [0.05, 0.1) is 0 Å². The monoisotopic (exact) mass is 230 g/mol. The molecule has 17 heavy (non-hydrogen) atoms. The number of aromatic nitrogens is 1. The van der Waals surface area contributed by atoms with Crippen molar-refractivity contribution in [2.45, 2.75) is 13.8 Å². The van der Waals surface area contributed by atoms with Crippen LogP contribution in [0.4, 0.5) is 0 Å². The minimum Gasteiger partial charge on any atom is -0.309 e. The molecule has 92 valence electrons. The third-order valence-corrected chi connectivity index (χ3v) is 2.70. The second-order valence-corrected chi connectivity index (χ2v) is 4.80. The lowest BCUT2D eigenvalue weighted by atomic mass is 10.0. The maximum absolute atomic E-state index is 4.26. The molecule has 0 aliphatic carbocycles. The van der Waals surface area contributed by atoms with E-state index in [2.05, 4.69) is 55.7 Å². The SMILES string of the molecule is C=C(/C=C/c1ccc(C)nc1)C(C)CN(C)C. The maximum Gasteiger partial charge on any atom is 0.0373 e. The van der Waals surface area contributed by atoms with Gasteiger partial charge in [-0.25, -0.2) is 0 Å². The van der Waals surface area contributed by atoms with Crippen LogP contribution in [-0.4, -0.2) is 30.5 Å². The third-order valence-electron chi connectivity index (χ3n) is 2.70. The molecule has 2 nitrogen and oxygen atoms in total. The van der Waals surface area contributed by atoms with Gasteiger partial charge in [-0.3, -0.25) is 4.98 Å². The summed E-state index contributed by atoms with van der Waals surface area (Å²) in [6.45, 7) is 9.32. The highest BCUT2D eigenvalue weighted by Gasteiger charge is 2.04. The average Bonchev–Trinajstić information content (AvgIpc) is 2.27. The molecule has 0 amide bonds. The molecule has 0 spiro atoms. The summed E-state index contributed by atoms with van der Waals surface area (Å²) in [5.74, 6) is 0.472. The highest BCUT2D eigenvalue weighted by atomic mass is 15.1. The van der Waals surface area contributed by atoms with E-state index in [0.717, 1.165) is 23.4 Å². The van der Waals surface area contributed by atoms with Crippen molar-refractivity contribution in [3.05, 3.63) is 47.8 Å². The first kappa shape index (κ1) is 13.7. The lowest BCUT2D eigenvalue weighted by molar-refractivity contribution is 0.366. The Kier molecular flexibility index (Phi) is 5.11. The summed E-state index contributed by atoms with van der Waals surface area (Å²) in [4.78, 5) is 6.44. The average molecular weight is 230 g/mol. The van der Waals surface area contributed by atoms with Crippen molar-refractivity contribution in [2.75, 3.05) is 20.6 Å². The molecule has 0 bridgehead atoms. The Morgan fingerprint density at radius 2 is 2.18 bits per heavy atom. The minimum absolute atomic E-state index is 0.472. The molecule has 0 aromatic carbocycles. The normalized spacial score (nSPS) is 13.2. The Bertz CT molecular complexity index is 388. The van der Waals surface area contributed by atoms with Crippen LogP contribution in [0.25, 0.3) is 6.08 Å². The van der Waals surface area contributed by atoms with Gasteiger partial charge in [0.25, 0.3) is 0 Å². The van der Waals surface area contributed by atoms with Crippen LogP contribution < -0.4 is 0 Å². The summed E-state index contributed by atoms with van der Waals surface area (Å²) >= 11 is 0. The van der Waals surface area contributed by atoms with Gasteiger partial charge in [-0.15, -0.1) is 0 Å². The largest absolute Gasteiger partial charge is 0.309 e. The molecule has 0 N–H and O–H groups in total. The zero-order valence-corrected chi connectivity index (χ0v) is 11.3. The van der Waals surface area contributed by atoms with Gasteiger partial charge in [0, 0.05) is 18.4 Å². The van der Waals surface area contributed by atoms with Gasteiger partial charge < -0.3 is 4.90 Å². The van der Waals surface area contributed by atoms with E-state index in [1.165, 1.54) is 0 Å². The molecule has 1 heterocycles. The predicted molar refractivity (Wildman–Crippen MR) is 74.9 cm³/mol. The van der Waals surface area contributed by atoms with Crippen molar-refractivity contribution in [3.8, 4) is 0 Å². The molecule has 1 aromatic heterocycles. The van der Waals surface area contributed by atoms with Gasteiger partial charge in [-0.1, -0.05) is 37.3 Å². The standard InChI is InChI=1S/C15H22N2/c1-12(13(2)11-17(4)5)6-8-15-9-7-14(3)16-10-15/h6-10,13H,1,11H2,2-5H3/b8-6+. The number of hydrogen-bond donors (Lipinski definition) is 0. The zero-order valence-electron chi connectivity index (χ0n) is 11.3. The summed E-state index contributed by atoms with van der Waals surface area (Å²) < 4.78 is 0. The van der Waals surface area contributed by atoms with Crippen LogP contribution in [0.3, 0.4) is 0 Å². The summed E-state index contributed by atoms with van der Waals surface area (Å²) in [7, 11) is 4.16. The predicted octanol–water partition coefficient (Wildman–Crippen LogP) is 3.16. The van der Waals surface area contributed by atoms with Crippen LogP contribution in [-0.2, 0) is 0 Å². The molecule has 0 fully saturated rings. The van der Waals surface area contributed by atoms with E-state index in [4.69, 9.17) is 0 Å². The van der Waals surface area contributed by atoms with Crippen molar-refractivity contribution >= 4 is 6.08 Å². The summed E-state index contributed by atoms with van der Waals surface area (Å²) in [6.07, 6.45) is 6.04. The van der Waals surface area contributed by atoms with E-state index in [1.54, 1.807) is 0 Å². The Morgan fingerprint density at radius 3 is 2.71 bits per heavy atom. The van der Waals surface area contributed by atoms with Gasteiger partial charge in [0.1, 0.15) is 0 Å². The molecule has 0 aliphatic rings. The molecule has 0 saturated heterocycles. The highest BCUT2D eigenvalue weighted by molar-refractivity contribution is 5.51. The minimum atomic E-state index is 0.472. The molecule has 1 unspecified atom stereocenters. The third kappa shape index (κ3) is 4.96. The van der Waals surface area contributed by atoms with E-state index >= 15 is 0 Å². The van der Waals surface area contributed by atoms with Crippen molar-refractivity contribution in [3.63, 3.8) is 0 Å². The van der Waals surface area contributed by atoms with Gasteiger partial charge in [-0.05, 0) is 38.6 Å². The lowest BCUT2D eigenvalue weighted by Gasteiger charge is -2.16. The van der Waals surface area contributed by atoms with Gasteiger partial charge >= 0.3 is 0 Å². The smallest absolute Gasteiger partial charge is 0.0373 e. The quantitative estimate of drug-likeness (QED) is 0.722. The Morgan fingerprint density at radius 1 is 1.47 bits per heavy atom. The Balaban J connectivity index is 2.58. The van der Waals surface area contributed by atoms with Crippen LogP contribution in [0.15, 0.2) is 36.6 Å². The summed E-state index contributed by atoms with van der Waals surface area (Å²) in [6, 6.07) is 4.09. The van der Waals surface area contributed by atoms with Crippen LogP contribution in [0.2, 0.25) is 0 Å².